The number of H-pyrrole nitrogens is 2. The Bertz CT molecular complexity index is 3010. The average molecular weight is 1060 g/mol. The van der Waals surface area contributed by atoms with Gasteiger partial charge in [0.25, 0.3) is 0 Å². The molecule has 3 aromatic carbocycles. The van der Waals surface area contributed by atoms with Gasteiger partial charge in [0.2, 0.25) is 18.6 Å². The van der Waals surface area contributed by atoms with Gasteiger partial charge in [-0.1, -0.05) is 96.1 Å². The lowest BCUT2D eigenvalue weighted by molar-refractivity contribution is -0.138. The van der Waals surface area contributed by atoms with E-state index in [1.54, 1.807) is 57.5 Å². The van der Waals surface area contributed by atoms with Gasteiger partial charge in [-0.15, -0.1) is 0 Å². The van der Waals surface area contributed by atoms with Gasteiger partial charge in [-0.05, 0) is 93.5 Å². The second-order valence-electron chi connectivity index (χ2n) is 24.6. The molecule has 9 rings (SSSR count). The van der Waals surface area contributed by atoms with Gasteiger partial charge in [0.1, 0.15) is 41.0 Å². The van der Waals surface area contributed by atoms with Crippen LogP contribution in [0.5, 0.6) is 11.5 Å². The van der Waals surface area contributed by atoms with Crippen molar-refractivity contribution in [3.05, 3.63) is 95.8 Å². The lowest BCUT2D eigenvalue weighted by Crippen LogP contribution is -2.55. The van der Waals surface area contributed by atoms with E-state index in [4.69, 9.17) is 33.7 Å². The number of carbonyl (C=O) groups is 5. The van der Waals surface area contributed by atoms with Crippen molar-refractivity contribution in [3.8, 4) is 45.1 Å². The van der Waals surface area contributed by atoms with E-state index < -0.39 is 64.5 Å². The van der Waals surface area contributed by atoms with E-state index in [-0.39, 0.29) is 37.6 Å². The third-order valence-corrected chi connectivity index (χ3v) is 14.1. The SMILES string of the molecule is CC(C)(C)OC(=O)N[C@H](C(=O)N1C[C@H](OC(=O)N2Cc3ccc4c(c3C2)OCO4)CC1c1ncc(-c2ccc(-c3ccc(-c4c[nH]c([C@@H]5CCCN5C(=O)[C@@H](NC(=O)OC(C)(C)C)C(C)(C)C)n4)cc3)cc2)[nH]1)C(C)(C)C. The molecule has 5 atom stereocenters. The predicted molar refractivity (Wildman–Crippen MR) is 287 cm³/mol. The number of carbonyl (C=O) groups excluding carboxylic acids is 5. The molecule has 5 amide bonds. The van der Waals surface area contributed by atoms with Crippen LogP contribution in [-0.2, 0) is 36.9 Å². The number of aromatic amines is 2. The highest BCUT2D eigenvalue weighted by molar-refractivity contribution is 5.88. The number of aromatic nitrogens is 4. The minimum absolute atomic E-state index is 0.0740. The molecular formula is C58H73N9O10. The molecule has 77 heavy (non-hydrogen) atoms. The van der Waals surface area contributed by atoms with Crippen LogP contribution in [-0.4, -0.2) is 114 Å². The summed E-state index contributed by atoms with van der Waals surface area (Å²) in [5.74, 6) is 1.96. The van der Waals surface area contributed by atoms with Crippen molar-refractivity contribution >= 4 is 30.1 Å². The monoisotopic (exact) mass is 1060 g/mol. The Hall–Kier alpha value is -7.57. The first-order chi connectivity index (χ1) is 36.2. The van der Waals surface area contributed by atoms with Crippen molar-refractivity contribution in [2.24, 2.45) is 10.8 Å². The van der Waals surface area contributed by atoms with Gasteiger partial charge in [0, 0.05) is 36.8 Å². The van der Waals surface area contributed by atoms with Crippen molar-refractivity contribution in [3.63, 3.8) is 0 Å². The molecule has 4 aliphatic rings. The Morgan fingerprint density at radius 3 is 1.87 bits per heavy atom. The van der Waals surface area contributed by atoms with E-state index in [2.05, 4.69) is 20.6 Å². The fourth-order valence-electron chi connectivity index (χ4n) is 10.4. The second kappa shape index (κ2) is 20.8. The topological polar surface area (TPSA) is 223 Å². The molecule has 0 aliphatic carbocycles. The van der Waals surface area contributed by atoms with Gasteiger partial charge in [-0.25, -0.2) is 24.4 Å². The normalized spacial score (nSPS) is 19.2. The number of alkyl carbamates (subject to hydrolysis) is 2. The van der Waals surface area contributed by atoms with Gasteiger partial charge in [-0.2, -0.15) is 0 Å². The molecule has 0 bridgehead atoms. The number of fused-ring (bicyclic) bond motifs is 3. The fourth-order valence-corrected chi connectivity index (χ4v) is 10.4. The predicted octanol–water partition coefficient (Wildman–Crippen LogP) is 10.2. The standard InChI is InChI=1S/C58H73N9O10/c1-55(2,3)46(63-52(70)76-57(7,8)9)50(68)66-25-13-14-42(66)48-59-27-40(61-48)35-19-15-33(16-20-35)34-17-21-36(22-18-34)41-28-60-49(62-41)43-26-38(30-67(43)51(69)47(56(4,5)6)64-53(71)77-58(10,11)12)75-54(72)65-29-37-23-24-44-45(39(37)31-65)74-32-73-44/h15-24,27-28,38,42-43,46-47H,13-14,25-26,29-32H2,1-12H3,(H,59,61)(H,60,62)(H,63,70)(H,64,71)/t38-,42+,43?,46-,47-/m1/s1. The molecule has 19 heteroatoms. The Kier molecular flexibility index (Phi) is 14.6. The minimum atomic E-state index is -0.983. The molecule has 2 fully saturated rings. The quantitative estimate of drug-likeness (QED) is 0.0960. The van der Waals surface area contributed by atoms with E-state index in [0.29, 0.717) is 42.8 Å². The summed E-state index contributed by atoms with van der Waals surface area (Å²) in [6, 6.07) is 17.3. The zero-order chi connectivity index (χ0) is 55.4. The molecule has 6 heterocycles. The van der Waals surface area contributed by atoms with Crippen molar-refractivity contribution in [2.45, 2.75) is 157 Å². The molecule has 19 nitrogen and oxygen atoms in total. The highest BCUT2D eigenvalue weighted by Gasteiger charge is 2.47. The maximum atomic E-state index is 14.8. The van der Waals surface area contributed by atoms with E-state index in [1.165, 1.54) is 0 Å². The zero-order valence-electron chi connectivity index (χ0n) is 46.3. The van der Waals surface area contributed by atoms with Crippen LogP contribution in [0.25, 0.3) is 33.6 Å². The van der Waals surface area contributed by atoms with Crippen molar-refractivity contribution in [1.82, 2.24) is 45.3 Å². The van der Waals surface area contributed by atoms with Gasteiger partial charge < -0.3 is 54.1 Å². The number of nitrogens with one attached hydrogen (secondary N) is 4. The Morgan fingerprint density at radius 2 is 1.27 bits per heavy atom. The summed E-state index contributed by atoms with van der Waals surface area (Å²) in [7, 11) is 0. The lowest BCUT2D eigenvalue weighted by atomic mass is 9.85. The number of likely N-dealkylation sites (tertiary alicyclic amines) is 2. The van der Waals surface area contributed by atoms with Crippen LogP contribution in [0.1, 0.15) is 137 Å². The molecule has 410 valence electrons. The van der Waals surface area contributed by atoms with Crippen LogP contribution < -0.4 is 20.1 Å². The molecule has 2 saturated heterocycles. The summed E-state index contributed by atoms with van der Waals surface area (Å²) in [5.41, 5.74) is 4.32. The Morgan fingerprint density at radius 1 is 0.688 bits per heavy atom. The minimum Gasteiger partial charge on any atom is -0.454 e. The summed E-state index contributed by atoms with van der Waals surface area (Å²) in [6.07, 6.45) is 2.87. The highest BCUT2D eigenvalue weighted by Crippen LogP contribution is 2.43. The summed E-state index contributed by atoms with van der Waals surface area (Å²) < 4.78 is 28.5. The lowest BCUT2D eigenvalue weighted by Gasteiger charge is -2.35. The van der Waals surface area contributed by atoms with E-state index >= 15 is 0 Å². The first kappa shape index (κ1) is 54.2. The molecule has 0 spiro atoms. The van der Waals surface area contributed by atoms with E-state index in [9.17, 15) is 24.0 Å². The fraction of sp³-hybridized carbons (Fsp3) is 0.500. The molecular weight excluding hydrogens is 983 g/mol. The van der Waals surface area contributed by atoms with Crippen LogP contribution in [0.3, 0.4) is 0 Å². The molecule has 4 N–H and O–H groups in total. The third-order valence-electron chi connectivity index (χ3n) is 14.1. The van der Waals surface area contributed by atoms with E-state index in [1.807, 2.05) is 113 Å². The van der Waals surface area contributed by atoms with Gasteiger partial charge in [-0.3, -0.25) is 14.5 Å². The maximum absolute atomic E-state index is 14.8. The molecule has 0 radical (unpaired) electrons. The van der Waals surface area contributed by atoms with Gasteiger partial charge in [0.15, 0.2) is 11.5 Å². The molecule has 2 aromatic heterocycles. The van der Waals surface area contributed by atoms with Crippen LogP contribution >= 0.6 is 0 Å². The first-order valence-corrected chi connectivity index (χ1v) is 26.5. The third kappa shape index (κ3) is 12.2. The van der Waals surface area contributed by atoms with Crippen LogP contribution in [0.4, 0.5) is 14.4 Å². The highest BCUT2D eigenvalue weighted by atomic mass is 16.7. The number of nitrogens with zero attached hydrogens (tertiary/aromatic N) is 5. The number of rotatable bonds is 10. The van der Waals surface area contributed by atoms with Crippen molar-refractivity contribution in [1.29, 1.82) is 0 Å². The number of hydrogen-bond donors (Lipinski definition) is 4. The zero-order valence-corrected chi connectivity index (χ0v) is 46.3. The summed E-state index contributed by atoms with van der Waals surface area (Å²) in [5, 5.41) is 5.68. The van der Waals surface area contributed by atoms with Gasteiger partial charge >= 0.3 is 18.3 Å². The Labute approximate surface area is 450 Å². The van der Waals surface area contributed by atoms with Crippen LogP contribution in [0, 0.1) is 10.8 Å². The van der Waals surface area contributed by atoms with Crippen molar-refractivity contribution < 1.29 is 47.7 Å². The smallest absolute Gasteiger partial charge is 0.410 e. The molecule has 0 saturated carbocycles. The molecule has 1 unspecified atom stereocenters. The first-order valence-electron chi connectivity index (χ1n) is 26.5. The summed E-state index contributed by atoms with van der Waals surface area (Å²) in [6.45, 7) is 23.5. The van der Waals surface area contributed by atoms with Gasteiger partial charge in [0.05, 0.1) is 42.8 Å². The second-order valence-corrected chi connectivity index (χ2v) is 24.6. The summed E-state index contributed by atoms with van der Waals surface area (Å²) in [4.78, 5) is 90.3. The summed E-state index contributed by atoms with van der Waals surface area (Å²) >= 11 is 0. The average Bonchev–Trinajstić information content (AvgIpc) is 4.26. The number of amides is 5. The number of imidazole rings is 2. The molecule has 5 aromatic rings. The maximum Gasteiger partial charge on any atom is 0.410 e. The Balaban J connectivity index is 0.884. The number of hydrogen-bond acceptors (Lipinski definition) is 12. The number of ether oxygens (including phenoxy) is 5. The number of benzene rings is 3. The van der Waals surface area contributed by atoms with E-state index in [0.717, 1.165) is 57.6 Å². The van der Waals surface area contributed by atoms with Crippen LogP contribution in [0.2, 0.25) is 0 Å². The van der Waals surface area contributed by atoms with Crippen molar-refractivity contribution in [2.75, 3.05) is 19.9 Å². The van der Waals surface area contributed by atoms with Crippen LogP contribution in [0.15, 0.2) is 73.1 Å². The largest absolute Gasteiger partial charge is 0.454 e. The molecule has 4 aliphatic heterocycles.